The lowest BCUT2D eigenvalue weighted by atomic mass is 10.1. The molecule has 1 saturated heterocycles. The summed E-state index contributed by atoms with van der Waals surface area (Å²) in [6.45, 7) is 5.29. The number of benzene rings is 1. The van der Waals surface area contributed by atoms with Crippen molar-refractivity contribution in [3.63, 3.8) is 0 Å². The maximum Gasteiger partial charge on any atom is 0.124 e. The standard InChI is InChI=1S/C18H24FNO/c1-3-18-8-7-14(2)20(18)13-16-10-15(6-4-5-9-21)11-17(19)12-16/h10-12,14,18,21H,3,5,7-9,13H2,1-2H3. The summed E-state index contributed by atoms with van der Waals surface area (Å²) in [5.74, 6) is 5.53. The minimum absolute atomic E-state index is 0.0403. The average Bonchev–Trinajstić information content (AvgIpc) is 2.79. The maximum absolute atomic E-state index is 13.8. The highest BCUT2D eigenvalue weighted by Gasteiger charge is 2.29. The Morgan fingerprint density at radius 2 is 2.14 bits per heavy atom. The molecule has 0 radical (unpaired) electrons. The van der Waals surface area contributed by atoms with Crippen LogP contribution in [-0.2, 0) is 6.54 Å². The molecule has 2 rings (SSSR count). The van der Waals surface area contributed by atoms with E-state index >= 15 is 0 Å². The van der Waals surface area contributed by atoms with Gasteiger partial charge in [0.15, 0.2) is 0 Å². The summed E-state index contributed by atoms with van der Waals surface area (Å²) in [5.41, 5.74) is 1.67. The third kappa shape index (κ3) is 4.30. The molecule has 2 nitrogen and oxygen atoms in total. The molecule has 1 heterocycles. The molecule has 1 aromatic carbocycles. The van der Waals surface area contributed by atoms with Crippen LogP contribution in [0.25, 0.3) is 0 Å². The van der Waals surface area contributed by atoms with Crippen LogP contribution in [0.2, 0.25) is 0 Å². The first-order chi connectivity index (χ1) is 10.1. The number of likely N-dealkylation sites (tertiary alicyclic amines) is 1. The molecule has 1 fully saturated rings. The molecule has 1 aliphatic rings. The molecule has 1 aromatic rings. The van der Waals surface area contributed by atoms with E-state index in [0.29, 0.717) is 24.1 Å². The maximum atomic E-state index is 13.8. The van der Waals surface area contributed by atoms with E-state index in [2.05, 4.69) is 30.6 Å². The van der Waals surface area contributed by atoms with Gasteiger partial charge in [0.05, 0.1) is 6.61 Å². The van der Waals surface area contributed by atoms with Crippen molar-refractivity contribution in [3.8, 4) is 11.8 Å². The Balaban J connectivity index is 2.14. The van der Waals surface area contributed by atoms with Crippen molar-refractivity contribution < 1.29 is 9.50 Å². The van der Waals surface area contributed by atoms with Crippen molar-refractivity contribution in [2.24, 2.45) is 0 Å². The number of hydrogen-bond donors (Lipinski definition) is 1. The van der Waals surface area contributed by atoms with Crippen molar-refractivity contribution in [2.45, 2.75) is 58.2 Å². The number of aliphatic hydroxyl groups excluding tert-OH is 1. The van der Waals surface area contributed by atoms with Gasteiger partial charge in [-0.1, -0.05) is 18.8 Å². The minimum Gasteiger partial charge on any atom is -0.395 e. The predicted molar refractivity (Wildman–Crippen MR) is 83.3 cm³/mol. The molecule has 21 heavy (non-hydrogen) atoms. The van der Waals surface area contributed by atoms with Crippen LogP contribution < -0.4 is 0 Å². The van der Waals surface area contributed by atoms with Gasteiger partial charge in [-0.3, -0.25) is 4.90 Å². The second-order valence-corrected chi connectivity index (χ2v) is 5.78. The zero-order valence-electron chi connectivity index (χ0n) is 12.9. The molecule has 2 atom stereocenters. The fourth-order valence-corrected chi connectivity index (χ4v) is 3.09. The van der Waals surface area contributed by atoms with Gasteiger partial charge in [-0.05, 0) is 49.9 Å². The van der Waals surface area contributed by atoms with E-state index in [1.54, 1.807) is 6.07 Å². The molecule has 0 aliphatic carbocycles. The van der Waals surface area contributed by atoms with Crippen molar-refractivity contribution in [3.05, 3.63) is 35.1 Å². The highest BCUT2D eigenvalue weighted by Crippen LogP contribution is 2.28. The Bertz CT molecular complexity index is 532. The lowest BCUT2D eigenvalue weighted by Gasteiger charge is -2.27. The van der Waals surface area contributed by atoms with Gasteiger partial charge >= 0.3 is 0 Å². The van der Waals surface area contributed by atoms with E-state index in [1.807, 2.05) is 6.07 Å². The third-order valence-corrected chi connectivity index (χ3v) is 4.22. The Kier molecular flexibility index (Phi) is 5.78. The molecule has 0 bridgehead atoms. The Morgan fingerprint density at radius 1 is 1.33 bits per heavy atom. The number of nitrogens with zero attached hydrogens (tertiary/aromatic N) is 1. The summed E-state index contributed by atoms with van der Waals surface area (Å²) in [7, 11) is 0. The molecule has 1 N–H and O–H groups in total. The van der Waals surface area contributed by atoms with Gasteiger partial charge in [-0.2, -0.15) is 0 Å². The van der Waals surface area contributed by atoms with Crippen molar-refractivity contribution in [1.29, 1.82) is 0 Å². The summed E-state index contributed by atoms with van der Waals surface area (Å²) in [6, 6.07) is 6.19. The topological polar surface area (TPSA) is 23.5 Å². The van der Waals surface area contributed by atoms with Crippen LogP contribution in [0.3, 0.4) is 0 Å². The van der Waals surface area contributed by atoms with Crippen LogP contribution in [0.5, 0.6) is 0 Å². The smallest absolute Gasteiger partial charge is 0.124 e. The lowest BCUT2D eigenvalue weighted by molar-refractivity contribution is 0.189. The Hall–Kier alpha value is -1.37. The zero-order valence-corrected chi connectivity index (χ0v) is 12.9. The SMILES string of the molecule is CCC1CCC(C)N1Cc1cc(F)cc(C#CCCO)c1. The molecule has 1 aliphatic heterocycles. The monoisotopic (exact) mass is 289 g/mol. The first kappa shape index (κ1) is 16.0. The summed E-state index contributed by atoms with van der Waals surface area (Å²) in [6.07, 6.45) is 4.02. The van der Waals surface area contributed by atoms with Gasteiger partial charge in [0.25, 0.3) is 0 Å². The molecule has 0 aromatic heterocycles. The van der Waals surface area contributed by atoms with Gasteiger partial charge in [0.1, 0.15) is 5.82 Å². The number of rotatable bonds is 4. The second-order valence-electron chi connectivity index (χ2n) is 5.78. The van der Waals surface area contributed by atoms with Gasteiger partial charge in [-0.15, -0.1) is 0 Å². The van der Waals surface area contributed by atoms with Crippen LogP contribution in [0.15, 0.2) is 18.2 Å². The van der Waals surface area contributed by atoms with Crippen LogP contribution in [0.1, 0.15) is 50.7 Å². The summed E-state index contributed by atoms with van der Waals surface area (Å²) < 4.78 is 13.8. The van der Waals surface area contributed by atoms with Gasteiger partial charge in [-0.25, -0.2) is 4.39 Å². The Morgan fingerprint density at radius 3 is 2.86 bits per heavy atom. The van der Waals surface area contributed by atoms with Crippen LogP contribution in [-0.4, -0.2) is 28.7 Å². The number of aliphatic hydroxyl groups is 1. The third-order valence-electron chi connectivity index (χ3n) is 4.22. The van der Waals surface area contributed by atoms with Crippen molar-refractivity contribution in [1.82, 2.24) is 4.90 Å². The second kappa shape index (κ2) is 7.59. The molecule has 3 heteroatoms. The van der Waals surface area contributed by atoms with Gasteiger partial charge in [0.2, 0.25) is 0 Å². The van der Waals surface area contributed by atoms with E-state index in [1.165, 1.54) is 18.9 Å². The highest BCUT2D eigenvalue weighted by molar-refractivity contribution is 5.37. The molecule has 2 unspecified atom stereocenters. The van der Waals surface area contributed by atoms with E-state index < -0.39 is 0 Å². The first-order valence-corrected chi connectivity index (χ1v) is 7.79. The van der Waals surface area contributed by atoms with E-state index in [9.17, 15) is 4.39 Å². The number of hydrogen-bond acceptors (Lipinski definition) is 2. The molecular formula is C18H24FNO. The summed E-state index contributed by atoms with van der Waals surface area (Å²) in [4.78, 5) is 2.47. The highest BCUT2D eigenvalue weighted by atomic mass is 19.1. The zero-order chi connectivity index (χ0) is 15.2. The number of halogens is 1. The van der Waals surface area contributed by atoms with Crippen LogP contribution >= 0.6 is 0 Å². The quantitative estimate of drug-likeness (QED) is 0.860. The van der Waals surface area contributed by atoms with Gasteiger partial charge in [0, 0.05) is 30.6 Å². The summed E-state index contributed by atoms with van der Waals surface area (Å²) in [5, 5.41) is 8.75. The summed E-state index contributed by atoms with van der Waals surface area (Å²) >= 11 is 0. The fourth-order valence-electron chi connectivity index (χ4n) is 3.09. The largest absolute Gasteiger partial charge is 0.395 e. The lowest BCUT2D eigenvalue weighted by Crippen LogP contribution is -2.33. The normalized spacial score (nSPS) is 22.1. The van der Waals surface area contributed by atoms with E-state index in [0.717, 1.165) is 18.5 Å². The van der Waals surface area contributed by atoms with E-state index in [4.69, 9.17) is 5.11 Å². The molecular weight excluding hydrogens is 265 g/mol. The van der Waals surface area contributed by atoms with E-state index in [-0.39, 0.29) is 12.4 Å². The molecule has 0 saturated carbocycles. The molecule has 0 spiro atoms. The Labute approximate surface area is 127 Å². The fraction of sp³-hybridized carbons (Fsp3) is 0.556. The average molecular weight is 289 g/mol. The minimum atomic E-state index is -0.235. The van der Waals surface area contributed by atoms with Crippen molar-refractivity contribution in [2.75, 3.05) is 6.61 Å². The molecule has 0 amide bonds. The van der Waals surface area contributed by atoms with Crippen molar-refractivity contribution >= 4 is 0 Å². The first-order valence-electron chi connectivity index (χ1n) is 7.79. The predicted octanol–water partition coefficient (Wildman–Crippen LogP) is 3.32. The van der Waals surface area contributed by atoms with Crippen LogP contribution in [0, 0.1) is 17.7 Å². The van der Waals surface area contributed by atoms with Gasteiger partial charge < -0.3 is 5.11 Å². The van der Waals surface area contributed by atoms with Crippen LogP contribution in [0.4, 0.5) is 4.39 Å². The molecule has 114 valence electrons.